The Kier molecular flexibility index (Phi) is 6.01. The summed E-state index contributed by atoms with van der Waals surface area (Å²) in [6, 6.07) is 18.4. The van der Waals surface area contributed by atoms with Crippen LogP contribution in [0.2, 0.25) is 0 Å². The van der Waals surface area contributed by atoms with Crippen LogP contribution >= 0.6 is 23.1 Å². The van der Waals surface area contributed by atoms with Gasteiger partial charge in [0.1, 0.15) is 5.92 Å². The summed E-state index contributed by atoms with van der Waals surface area (Å²) in [5, 5.41) is 7.79. The number of carbonyl (C=O) groups is 3. The van der Waals surface area contributed by atoms with Crippen LogP contribution in [0.15, 0.2) is 71.0 Å². The lowest BCUT2D eigenvalue weighted by Gasteiger charge is -2.19. The number of hydrogen-bond acceptors (Lipinski definition) is 6. The first-order valence-corrected chi connectivity index (χ1v) is 10.9. The Morgan fingerprint density at radius 1 is 1.07 bits per heavy atom. The van der Waals surface area contributed by atoms with Crippen LogP contribution in [0.25, 0.3) is 11.3 Å². The number of nitrogens with one attached hydrogen (secondary N) is 2. The number of nitrogens with zero attached hydrogens (tertiary/aromatic N) is 2. The zero-order valence-corrected chi connectivity index (χ0v) is 17.2. The molecule has 1 aromatic heterocycles. The Morgan fingerprint density at radius 2 is 1.77 bits per heavy atom. The van der Waals surface area contributed by atoms with E-state index in [2.05, 4.69) is 20.6 Å². The highest BCUT2D eigenvalue weighted by molar-refractivity contribution is 8.14. The first-order valence-electron chi connectivity index (χ1n) is 9.02. The Balaban J connectivity index is 1.34. The Hall–Kier alpha value is -3.30. The van der Waals surface area contributed by atoms with Crippen LogP contribution in [0.5, 0.6) is 0 Å². The molecule has 0 unspecified atom stereocenters. The topological polar surface area (TPSA) is 101 Å². The van der Waals surface area contributed by atoms with E-state index in [4.69, 9.17) is 0 Å². The number of benzene rings is 2. The fourth-order valence-corrected chi connectivity index (χ4v) is 4.26. The van der Waals surface area contributed by atoms with Gasteiger partial charge in [-0.2, -0.15) is 4.99 Å². The molecule has 7 nitrogen and oxygen atoms in total. The maximum Gasteiger partial charge on any atom is 0.265 e. The number of thiazole rings is 1. The highest BCUT2D eigenvalue weighted by atomic mass is 32.2. The van der Waals surface area contributed by atoms with Gasteiger partial charge in [-0.1, -0.05) is 72.4 Å². The summed E-state index contributed by atoms with van der Waals surface area (Å²) in [5.74, 6) is -2.26. The van der Waals surface area contributed by atoms with Gasteiger partial charge in [0, 0.05) is 10.9 Å². The van der Waals surface area contributed by atoms with Gasteiger partial charge in [-0.3, -0.25) is 14.4 Å². The third kappa shape index (κ3) is 4.64. The summed E-state index contributed by atoms with van der Waals surface area (Å²) >= 11 is 2.32. The molecule has 3 aromatic rings. The van der Waals surface area contributed by atoms with Crippen molar-refractivity contribution in [1.82, 2.24) is 10.3 Å². The van der Waals surface area contributed by atoms with Gasteiger partial charge in [0.15, 0.2) is 10.3 Å². The molecule has 2 aromatic carbocycles. The SMILES string of the molecule is O=C(CSC1=NC(=O)[C@H](c2ccccc2)C(=O)N1)Nc1nc(-c2ccccc2)cs1. The van der Waals surface area contributed by atoms with Crippen molar-refractivity contribution in [2.75, 3.05) is 11.1 Å². The van der Waals surface area contributed by atoms with E-state index in [1.165, 1.54) is 11.3 Å². The van der Waals surface area contributed by atoms with Gasteiger partial charge >= 0.3 is 0 Å². The quantitative estimate of drug-likeness (QED) is 0.598. The maximum absolute atomic E-state index is 12.4. The number of aliphatic imine (C=N–C) groups is 1. The van der Waals surface area contributed by atoms with Crippen molar-refractivity contribution in [2.45, 2.75) is 5.92 Å². The molecule has 9 heteroatoms. The van der Waals surface area contributed by atoms with E-state index in [1.54, 1.807) is 24.3 Å². The molecule has 3 amide bonds. The maximum atomic E-state index is 12.4. The third-order valence-corrected chi connectivity index (χ3v) is 5.88. The molecule has 1 aliphatic rings. The number of carbonyl (C=O) groups excluding carboxylic acids is 3. The number of aromatic nitrogens is 1. The highest BCUT2D eigenvalue weighted by Crippen LogP contribution is 2.25. The number of hydrogen-bond donors (Lipinski definition) is 2. The van der Waals surface area contributed by atoms with Crippen molar-refractivity contribution in [3.8, 4) is 11.3 Å². The average molecular weight is 437 g/mol. The Bertz CT molecular complexity index is 1110. The van der Waals surface area contributed by atoms with Crippen LogP contribution in [0.1, 0.15) is 11.5 Å². The molecule has 0 spiro atoms. The summed E-state index contributed by atoms with van der Waals surface area (Å²) in [7, 11) is 0. The number of thioether (sulfide) groups is 1. The lowest BCUT2D eigenvalue weighted by atomic mass is 9.97. The van der Waals surface area contributed by atoms with E-state index >= 15 is 0 Å². The van der Waals surface area contributed by atoms with E-state index in [1.807, 2.05) is 41.8 Å². The summed E-state index contributed by atoms with van der Waals surface area (Å²) in [6.07, 6.45) is 0. The second-order valence-electron chi connectivity index (χ2n) is 6.33. The predicted octanol–water partition coefficient (Wildman–Crippen LogP) is 3.28. The second kappa shape index (κ2) is 9.02. The molecule has 2 heterocycles. The number of amides is 3. The fourth-order valence-electron chi connectivity index (χ4n) is 2.85. The molecule has 0 fully saturated rings. The average Bonchev–Trinajstić information content (AvgIpc) is 3.22. The second-order valence-corrected chi connectivity index (χ2v) is 8.15. The van der Waals surface area contributed by atoms with Crippen LogP contribution < -0.4 is 10.6 Å². The van der Waals surface area contributed by atoms with Gasteiger partial charge in [0.05, 0.1) is 11.4 Å². The van der Waals surface area contributed by atoms with E-state index in [0.717, 1.165) is 23.0 Å². The molecule has 150 valence electrons. The summed E-state index contributed by atoms with van der Waals surface area (Å²) in [5.41, 5.74) is 2.34. The molecular formula is C21H16N4O3S2. The van der Waals surface area contributed by atoms with Crippen molar-refractivity contribution >= 4 is 51.1 Å². The first kappa shape index (κ1) is 20.0. The molecule has 2 N–H and O–H groups in total. The van der Waals surface area contributed by atoms with Crippen LogP contribution in [0, 0.1) is 0 Å². The molecule has 30 heavy (non-hydrogen) atoms. The van der Waals surface area contributed by atoms with E-state index in [0.29, 0.717) is 10.7 Å². The molecular weight excluding hydrogens is 420 g/mol. The molecule has 0 bridgehead atoms. The lowest BCUT2D eigenvalue weighted by Crippen LogP contribution is -2.41. The number of rotatable bonds is 5. The van der Waals surface area contributed by atoms with E-state index < -0.39 is 17.7 Å². The summed E-state index contributed by atoms with van der Waals surface area (Å²) in [6.45, 7) is 0. The van der Waals surface area contributed by atoms with Crippen LogP contribution in [-0.4, -0.2) is 33.6 Å². The highest BCUT2D eigenvalue weighted by Gasteiger charge is 2.33. The summed E-state index contributed by atoms with van der Waals surface area (Å²) in [4.78, 5) is 45.2. The lowest BCUT2D eigenvalue weighted by molar-refractivity contribution is -0.129. The van der Waals surface area contributed by atoms with E-state index in [-0.39, 0.29) is 16.8 Å². The minimum absolute atomic E-state index is 0.0113. The van der Waals surface area contributed by atoms with E-state index in [9.17, 15) is 14.4 Å². The van der Waals surface area contributed by atoms with Crippen LogP contribution in [0.4, 0.5) is 5.13 Å². The van der Waals surface area contributed by atoms with Gasteiger partial charge in [0.2, 0.25) is 11.8 Å². The van der Waals surface area contributed by atoms with Gasteiger partial charge in [-0.15, -0.1) is 11.3 Å². The van der Waals surface area contributed by atoms with Gasteiger partial charge < -0.3 is 10.6 Å². The molecule has 1 aliphatic heterocycles. The van der Waals surface area contributed by atoms with Crippen molar-refractivity contribution < 1.29 is 14.4 Å². The van der Waals surface area contributed by atoms with Gasteiger partial charge in [-0.05, 0) is 5.56 Å². The zero-order chi connectivity index (χ0) is 20.9. The monoisotopic (exact) mass is 436 g/mol. The smallest absolute Gasteiger partial charge is 0.265 e. The normalized spacial score (nSPS) is 16.0. The van der Waals surface area contributed by atoms with Crippen LogP contribution in [-0.2, 0) is 14.4 Å². The number of anilines is 1. The summed E-state index contributed by atoms with van der Waals surface area (Å²) < 4.78 is 0. The van der Waals surface area contributed by atoms with Crippen LogP contribution in [0.3, 0.4) is 0 Å². The Morgan fingerprint density at radius 3 is 2.47 bits per heavy atom. The molecule has 0 aliphatic carbocycles. The largest absolute Gasteiger partial charge is 0.304 e. The minimum Gasteiger partial charge on any atom is -0.304 e. The van der Waals surface area contributed by atoms with Gasteiger partial charge in [-0.25, -0.2) is 4.98 Å². The molecule has 1 atom stereocenters. The molecule has 0 saturated carbocycles. The zero-order valence-electron chi connectivity index (χ0n) is 15.6. The standard InChI is InChI=1S/C21H16N4O3S2/c26-16(23-20-22-15(11-29-20)13-7-3-1-4-8-13)12-30-21-24-18(27)17(19(28)25-21)14-9-5-2-6-10-14/h1-11,17H,12H2,(H,22,23,26)(H,24,25,27,28). The molecule has 0 saturated heterocycles. The first-order chi connectivity index (χ1) is 14.6. The van der Waals surface area contributed by atoms with Crippen molar-refractivity contribution in [2.24, 2.45) is 4.99 Å². The number of amidine groups is 1. The molecule has 0 radical (unpaired) electrons. The third-order valence-electron chi connectivity index (χ3n) is 4.24. The minimum atomic E-state index is -0.962. The predicted molar refractivity (Wildman–Crippen MR) is 118 cm³/mol. The van der Waals surface area contributed by atoms with Crippen molar-refractivity contribution in [1.29, 1.82) is 0 Å². The Labute approximate surface area is 180 Å². The van der Waals surface area contributed by atoms with Crippen molar-refractivity contribution in [3.63, 3.8) is 0 Å². The fraction of sp³-hybridized carbons (Fsp3) is 0.0952. The van der Waals surface area contributed by atoms with Crippen molar-refractivity contribution in [3.05, 3.63) is 71.6 Å². The van der Waals surface area contributed by atoms with Gasteiger partial charge in [0.25, 0.3) is 5.91 Å². The molecule has 4 rings (SSSR count).